The largest absolute Gasteiger partial charge is 0.366 e. The highest BCUT2D eigenvalue weighted by atomic mass is 19.1. The number of H-pyrrole nitrogens is 1. The lowest BCUT2D eigenvalue weighted by Gasteiger charge is -2.14. The summed E-state index contributed by atoms with van der Waals surface area (Å²) in [4.78, 5) is 34.4. The number of hydrogen-bond donors (Lipinski definition) is 5. The van der Waals surface area contributed by atoms with Gasteiger partial charge in [0.25, 0.3) is 11.8 Å². The van der Waals surface area contributed by atoms with Gasteiger partial charge in [0.1, 0.15) is 22.9 Å². The number of nitrogens with zero attached hydrogens (tertiary/aromatic N) is 3. The molecule has 2 heterocycles. The van der Waals surface area contributed by atoms with Gasteiger partial charge in [0.15, 0.2) is 0 Å². The quantitative estimate of drug-likeness (QED) is 0.454. The molecule has 1 aromatic carbocycles. The van der Waals surface area contributed by atoms with Crippen molar-refractivity contribution >= 4 is 40.3 Å². The second kappa shape index (κ2) is 7.81. The Morgan fingerprint density at radius 3 is 2.85 bits per heavy atom. The van der Waals surface area contributed by atoms with Gasteiger partial charge in [-0.25, -0.2) is 9.37 Å². The standard InChI is InChI=1S/C16H19FN8O2/c1-19-15(27)10-2-3-12(25-24-10)20-4-5-21-16-22-11-7-8(17)6-9(14(18)26)13(11)23-16/h6-7H,2-5H2,1H3,(H2,18,26)(H,19,27)(H,20,25)(H2,21,22,23). The highest BCUT2D eigenvalue weighted by Gasteiger charge is 2.16. The van der Waals surface area contributed by atoms with Crippen LogP contribution in [-0.4, -0.2) is 53.5 Å². The third-order valence-corrected chi connectivity index (χ3v) is 3.93. The number of imidazole rings is 1. The molecule has 6 N–H and O–H groups in total. The van der Waals surface area contributed by atoms with E-state index in [1.807, 2.05) is 0 Å². The molecule has 2 amide bonds. The maximum Gasteiger partial charge on any atom is 0.267 e. The molecule has 3 rings (SSSR count). The lowest BCUT2D eigenvalue weighted by molar-refractivity contribution is -0.114. The van der Waals surface area contributed by atoms with Crippen molar-refractivity contribution in [2.45, 2.75) is 12.8 Å². The predicted octanol–water partition coefficient (Wildman–Crippen LogP) is 0.0967. The average molecular weight is 374 g/mol. The van der Waals surface area contributed by atoms with Gasteiger partial charge in [-0.3, -0.25) is 20.0 Å². The highest BCUT2D eigenvalue weighted by Crippen LogP contribution is 2.20. The topological polar surface area (TPSA) is 150 Å². The Balaban J connectivity index is 1.58. The third kappa shape index (κ3) is 4.19. The maximum atomic E-state index is 13.5. The molecule has 1 aromatic heterocycles. The van der Waals surface area contributed by atoms with Crippen molar-refractivity contribution in [3.63, 3.8) is 0 Å². The van der Waals surface area contributed by atoms with Gasteiger partial charge in [-0.1, -0.05) is 0 Å². The van der Waals surface area contributed by atoms with Crippen LogP contribution in [-0.2, 0) is 4.79 Å². The minimum atomic E-state index is -0.746. The maximum absolute atomic E-state index is 13.5. The Morgan fingerprint density at radius 1 is 1.37 bits per heavy atom. The number of carbonyl (C=O) groups excluding carboxylic acids is 2. The van der Waals surface area contributed by atoms with E-state index < -0.39 is 11.7 Å². The number of amides is 2. The lowest BCUT2D eigenvalue weighted by Crippen LogP contribution is -2.35. The van der Waals surface area contributed by atoms with Gasteiger partial charge in [0.05, 0.1) is 17.6 Å². The molecule has 0 saturated carbocycles. The van der Waals surface area contributed by atoms with Crippen molar-refractivity contribution in [2.24, 2.45) is 15.8 Å². The normalized spacial score (nSPS) is 15.3. The number of aromatic amines is 1. The molecule has 27 heavy (non-hydrogen) atoms. The van der Waals surface area contributed by atoms with E-state index in [0.717, 1.165) is 6.07 Å². The van der Waals surface area contributed by atoms with E-state index in [-0.39, 0.29) is 11.5 Å². The van der Waals surface area contributed by atoms with Crippen molar-refractivity contribution in [3.8, 4) is 0 Å². The fourth-order valence-electron chi connectivity index (χ4n) is 2.62. The number of fused-ring (bicyclic) bond motifs is 1. The number of hydrazone groups is 1. The summed E-state index contributed by atoms with van der Waals surface area (Å²) in [6.07, 6.45) is 1.11. The lowest BCUT2D eigenvalue weighted by atomic mass is 10.1. The van der Waals surface area contributed by atoms with Crippen molar-refractivity contribution in [1.82, 2.24) is 20.7 Å². The summed E-state index contributed by atoms with van der Waals surface area (Å²) >= 11 is 0. The fourth-order valence-corrected chi connectivity index (χ4v) is 2.62. The number of aromatic nitrogens is 2. The summed E-state index contributed by atoms with van der Waals surface area (Å²) in [5.41, 5.74) is 9.17. The van der Waals surface area contributed by atoms with Crippen LogP contribution in [0.5, 0.6) is 0 Å². The Morgan fingerprint density at radius 2 is 2.19 bits per heavy atom. The Kier molecular flexibility index (Phi) is 5.29. The second-order valence-corrected chi connectivity index (χ2v) is 5.80. The van der Waals surface area contributed by atoms with Gasteiger partial charge >= 0.3 is 0 Å². The molecule has 0 saturated heterocycles. The van der Waals surface area contributed by atoms with E-state index in [1.54, 1.807) is 7.05 Å². The average Bonchev–Trinajstić information content (AvgIpc) is 3.06. The number of aliphatic imine (C=N–C) groups is 1. The number of rotatable bonds is 6. The molecule has 0 fully saturated rings. The number of carbonyl (C=O) groups is 2. The number of halogens is 1. The van der Waals surface area contributed by atoms with E-state index in [9.17, 15) is 14.0 Å². The Labute approximate surface area is 153 Å². The molecule has 10 nitrogen and oxygen atoms in total. The molecule has 142 valence electrons. The molecule has 0 bridgehead atoms. The van der Waals surface area contributed by atoms with Crippen molar-refractivity contribution in [2.75, 3.05) is 25.5 Å². The first-order valence-electron chi connectivity index (χ1n) is 8.29. The first-order chi connectivity index (χ1) is 13.0. The van der Waals surface area contributed by atoms with Gasteiger partial charge in [-0.05, 0) is 12.1 Å². The van der Waals surface area contributed by atoms with Gasteiger partial charge in [0, 0.05) is 26.4 Å². The number of primary amides is 1. The van der Waals surface area contributed by atoms with E-state index in [1.165, 1.54) is 6.07 Å². The van der Waals surface area contributed by atoms with Gasteiger partial charge in [-0.15, -0.1) is 0 Å². The molecule has 11 heteroatoms. The zero-order chi connectivity index (χ0) is 19.4. The second-order valence-electron chi connectivity index (χ2n) is 5.80. The highest BCUT2D eigenvalue weighted by molar-refractivity contribution is 6.39. The van der Waals surface area contributed by atoms with Crippen LogP contribution >= 0.6 is 0 Å². The molecule has 0 spiro atoms. The Hall–Kier alpha value is -3.50. The van der Waals surface area contributed by atoms with Gasteiger partial charge in [0.2, 0.25) is 5.95 Å². The summed E-state index contributed by atoms with van der Waals surface area (Å²) in [5, 5.41) is 9.53. The summed E-state index contributed by atoms with van der Waals surface area (Å²) in [7, 11) is 1.55. The molecule has 1 aliphatic heterocycles. The molecule has 0 unspecified atom stereocenters. The van der Waals surface area contributed by atoms with Crippen LogP contribution in [0, 0.1) is 5.82 Å². The molecular formula is C16H19FN8O2. The van der Waals surface area contributed by atoms with Crippen LogP contribution in [0.25, 0.3) is 11.0 Å². The minimum Gasteiger partial charge on any atom is -0.366 e. The van der Waals surface area contributed by atoms with Crippen molar-refractivity contribution in [3.05, 3.63) is 23.5 Å². The van der Waals surface area contributed by atoms with Crippen molar-refractivity contribution < 1.29 is 14.0 Å². The summed E-state index contributed by atoms with van der Waals surface area (Å²) in [6, 6.07) is 2.30. The van der Waals surface area contributed by atoms with E-state index in [0.29, 0.717) is 54.5 Å². The monoisotopic (exact) mass is 374 g/mol. The van der Waals surface area contributed by atoms with Crippen LogP contribution < -0.4 is 21.8 Å². The molecular weight excluding hydrogens is 355 g/mol. The molecule has 0 atom stereocenters. The number of anilines is 1. The van der Waals surface area contributed by atoms with Crippen LogP contribution in [0.3, 0.4) is 0 Å². The molecule has 2 aromatic rings. The van der Waals surface area contributed by atoms with Crippen LogP contribution in [0.4, 0.5) is 10.3 Å². The molecule has 1 aliphatic rings. The smallest absolute Gasteiger partial charge is 0.267 e. The molecule has 0 radical (unpaired) electrons. The zero-order valence-corrected chi connectivity index (χ0v) is 14.6. The number of benzene rings is 1. The van der Waals surface area contributed by atoms with Crippen molar-refractivity contribution in [1.29, 1.82) is 0 Å². The van der Waals surface area contributed by atoms with E-state index >= 15 is 0 Å². The summed E-state index contributed by atoms with van der Waals surface area (Å²) < 4.78 is 13.5. The van der Waals surface area contributed by atoms with Gasteiger partial charge in [-0.2, -0.15) is 5.10 Å². The predicted molar refractivity (Wildman–Crippen MR) is 99.2 cm³/mol. The summed E-state index contributed by atoms with van der Waals surface area (Å²) in [6.45, 7) is 0.882. The first kappa shape index (κ1) is 18.3. The van der Waals surface area contributed by atoms with Crippen LogP contribution in [0.15, 0.2) is 22.2 Å². The van der Waals surface area contributed by atoms with Crippen LogP contribution in [0.2, 0.25) is 0 Å². The van der Waals surface area contributed by atoms with E-state index in [4.69, 9.17) is 5.73 Å². The third-order valence-electron chi connectivity index (χ3n) is 3.93. The number of nitrogens with two attached hydrogens (primary N) is 1. The van der Waals surface area contributed by atoms with Crippen LogP contribution in [0.1, 0.15) is 23.2 Å². The molecule has 0 aliphatic carbocycles. The van der Waals surface area contributed by atoms with Gasteiger partial charge < -0.3 is 21.4 Å². The Bertz CT molecular complexity index is 949. The zero-order valence-electron chi connectivity index (χ0n) is 14.6. The number of amidine groups is 1. The number of hydrogen-bond acceptors (Lipinski definition) is 6. The number of nitrogens with one attached hydrogen (secondary N) is 4. The van der Waals surface area contributed by atoms with E-state index in [2.05, 4.69) is 36.1 Å². The SMILES string of the molecule is CNC(=O)C1=NNC(=NCCNc2nc3c(C(N)=O)cc(F)cc3[nH]2)CC1. The first-order valence-corrected chi connectivity index (χ1v) is 8.29. The summed E-state index contributed by atoms with van der Waals surface area (Å²) in [5.74, 6) is -0.455. The fraction of sp³-hybridized carbons (Fsp3) is 0.312. The minimum absolute atomic E-state index is 0.0192.